The van der Waals surface area contributed by atoms with Gasteiger partial charge in [0.15, 0.2) is 0 Å². The zero-order valence-corrected chi connectivity index (χ0v) is 11.1. The maximum atomic E-state index is 11.0. The maximum Gasteiger partial charge on any atom is 0.320 e. The minimum atomic E-state index is -4.10. The van der Waals surface area contributed by atoms with Crippen LogP contribution >= 0.6 is 0 Å². The third kappa shape index (κ3) is 8.12. The van der Waals surface area contributed by atoms with Gasteiger partial charge in [-0.2, -0.15) is 8.42 Å². The van der Waals surface area contributed by atoms with E-state index in [2.05, 4.69) is 0 Å². The second kappa shape index (κ2) is 7.62. The van der Waals surface area contributed by atoms with Gasteiger partial charge in [-0.05, 0) is 26.4 Å². The van der Waals surface area contributed by atoms with Crippen LogP contribution in [0.4, 0.5) is 0 Å². The molecule has 7 heteroatoms. The quantitative estimate of drug-likeness (QED) is 0.475. The van der Waals surface area contributed by atoms with E-state index in [1.807, 2.05) is 6.92 Å². The van der Waals surface area contributed by atoms with E-state index in [1.54, 1.807) is 11.9 Å². The molecule has 0 unspecified atom stereocenters. The Morgan fingerprint density at radius 3 is 2.35 bits per heavy atom. The molecule has 0 spiro atoms. The van der Waals surface area contributed by atoms with Crippen molar-refractivity contribution < 1.29 is 22.9 Å². The Hall–Kier alpha value is -0.660. The van der Waals surface area contributed by atoms with Crippen LogP contribution < -0.4 is 0 Å². The highest BCUT2D eigenvalue weighted by Gasteiger charge is 2.24. The Labute approximate surface area is 102 Å². The Morgan fingerprint density at radius 2 is 1.94 bits per heavy atom. The van der Waals surface area contributed by atoms with Crippen molar-refractivity contribution in [3.05, 3.63) is 0 Å². The number of rotatable bonds is 9. The molecule has 102 valence electrons. The van der Waals surface area contributed by atoms with Gasteiger partial charge in [0.25, 0.3) is 10.1 Å². The van der Waals surface area contributed by atoms with Gasteiger partial charge in [-0.15, -0.1) is 0 Å². The minimum absolute atomic E-state index is 0.100. The predicted octanol–water partition coefficient (Wildman–Crippen LogP) is 0.839. The van der Waals surface area contributed by atoms with Gasteiger partial charge in [-0.1, -0.05) is 19.8 Å². The Balaban J connectivity index is 4.27. The molecule has 0 aliphatic heterocycles. The van der Waals surface area contributed by atoms with Crippen LogP contribution in [0, 0.1) is 0 Å². The van der Waals surface area contributed by atoms with E-state index in [9.17, 15) is 13.2 Å². The van der Waals surface area contributed by atoms with Crippen LogP contribution in [0.5, 0.6) is 0 Å². The molecule has 0 aromatic carbocycles. The van der Waals surface area contributed by atoms with E-state index >= 15 is 0 Å². The summed E-state index contributed by atoms with van der Waals surface area (Å²) in [5.74, 6) is -1.59. The van der Waals surface area contributed by atoms with Crippen LogP contribution in [0.2, 0.25) is 0 Å². The standard InChI is InChI=1S/C10H21NO5S/c1-3-4-5-7-11(2)9(10(12)13)6-8-17(14,15)16/h9H,3-8H2,1-2H3,(H,12,13)(H,14,15,16)/t9-/m0/s1. The summed E-state index contributed by atoms with van der Waals surface area (Å²) in [5, 5.41) is 8.98. The number of carbonyl (C=O) groups is 1. The second-order valence-corrected chi connectivity index (χ2v) is 5.69. The molecule has 0 aliphatic carbocycles. The van der Waals surface area contributed by atoms with Gasteiger partial charge in [-0.25, -0.2) is 0 Å². The molecular formula is C10H21NO5S. The SMILES string of the molecule is CCCCCN(C)[C@@H](CCS(=O)(=O)O)C(=O)O. The van der Waals surface area contributed by atoms with Crippen molar-refractivity contribution in [2.24, 2.45) is 0 Å². The first kappa shape index (κ1) is 16.3. The minimum Gasteiger partial charge on any atom is -0.480 e. The van der Waals surface area contributed by atoms with Crippen LogP contribution in [-0.4, -0.2) is 54.3 Å². The zero-order chi connectivity index (χ0) is 13.5. The number of hydrogen-bond donors (Lipinski definition) is 2. The lowest BCUT2D eigenvalue weighted by Gasteiger charge is -2.24. The summed E-state index contributed by atoms with van der Waals surface area (Å²) in [6.07, 6.45) is 2.82. The number of likely N-dealkylation sites (N-methyl/N-ethyl adjacent to an activating group) is 1. The van der Waals surface area contributed by atoms with Crippen LogP contribution in [0.1, 0.15) is 32.6 Å². The molecule has 0 rings (SSSR count). The van der Waals surface area contributed by atoms with Crippen LogP contribution in [0.15, 0.2) is 0 Å². The summed E-state index contributed by atoms with van der Waals surface area (Å²) in [6.45, 7) is 2.66. The molecule has 0 aromatic heterocycles. The summed E-state index contributed by atoms with van der Waals surface area (Å²) in [4.78, 5) is 12.6. The lowest BCUT2D eigenvalue weighted by atomic mass is 10.2. The van der Waals surface area contributed by atoms with Crippen molar-refractivity contribution >= 4 is 16.1 Å². The van der Waals surface area contributed by atoms with Crippen molar-refractivity contribution in [2.75, 3.05) is 19.3 Å². The van der Waals surface area contributed by atoms with E-state index in [0.717, 1.165) is 19.3 Å². The molecule has 0 bridgehead atoms. The summed E-state index contributed by atoms with van der Waals surface area (Å²) in [7, 11) is -2.45. The Bertz CT molecular complexity index is 328. The monoisotopic (exact) mass is 267 g/mol. The molecule has 0 radical (unpaired) electrons. The molecule has 6 nitrogen and oxygen atoms in total. The average molecular weight is 267 g/mol. The molecule has 0 heterocycles. The normalized spacial score (nSPS) is 13.9. The number of nitrogens with zero attached hydrogens (tertiary/aromatic N) is 1. The van der Waals surface area contributed by atoms with Gasteiger partial charge < -0.3 is 5.11 Å². The number of carboxylic acids is 1. The van der Waals surface area contributed by atoms with Gasteiger partial charge in [0.05, 0.1) is 5.75 Å². The fourth-order valence-corrected chi connectivity index (χ4v) is 2.08. The smallest absolute Gasteiger partial charge is 0.320 e. The molecule has 2 N–H and O–H groups in total. The molecule has 0 aromatic rings. The van der Waals surface area contributed by atoms with E-state index < -0.39 is 27.9 Å². The Morgan fingerprint density at radius 1 is 1.35 bits per heavy atom. The molecule has 0 aliphatic rings. The van der Waals surface area contributed by atoms with Crippen molar-refractivity contribution in [1.82, 2.24) is 4.90 Å². The number of carboxylic acid groups (broad SMARTS) is 1. The second-order valence-electron chi connectivity index (χ2n) is 4.12. The molecule has 0 fully saturated rings. The van der Waals surface area contributed by atoms with Gasteiger partial charge in [-0.3, -0.25) is 14.2 Å². The van der Waals surface area contributed by atoms with Gasteiger partial charge in [0.1, 0.15) is 6.04 Å². The van der Waals surface area contributed by atoms with Crippen molar-refractivity contribution in [1.29, 1.82) is 0 Å². The van der Waals surface area contributed by atoms with Gasteiger partial charge in [0.2, 0.25) is 0 Å². The predicted molar refractivity (Wildman–Crippen MR) is 64.6 cm³/mol. The number of hydrogen-bond acceptors (Lipinski definition) is 4. The first-order valence-corrected chi connectivity index (χ1v) is 7.27. The summed E-state index contributed by atoms with van der Waals surface area (Å²) < 4.78 is 29.8. The third-order valence-corrected chi connectivity index (χ3v) is 3.33. The molecule has 1 atom stereocenters. The maximum absolute atomic E-state index is 11.0. The Kier molecular flexibility index (Phi) is 7.33. The third-order valence-electron chi connectivity index (χ3n) is 2.58. The fraction of sp³-hybridized carbons (Fsp3) is 0.900. The van der Waals surface area contributed by atoms with Gasteiger partial charge in [0, 0.05) is 0 Å². The molecule has 0 saturated heterocycles. The van der Waals surface area contributed by atoms with Crippen molar-refractivity contribution in [3.8, 4) is 0 Å². The highest BCUT2D eigenvalue weighted by Crippen LogP contribution is 2.07. The van der Waals surface area contributed by atoms with E-state index in [0.29, 0.717) is 6.54 Å². The van der Waals surface area contributed by atoms with Crippen LogP contribution in [0.25, 0.3) is 0 Å². The molecule has 0 saturated carbocycles. The highest BCUT2D eigenvalue weighted by atomic mass is 32.2. The molecular weight excluding hydrogens is 246 g/mol. The fourth-order valence-electron chi connectivity index (χ4n) is 1.56. The topological polar surface area (TPSA) is 94.9 Å². The zero-order valence-electron chi connectivity index (χ0n) is 10.3. The van der Waals surface area contributed by atoms with Crippen molar-refractivity contribution in [3.63, 3.8) is 0 Å². The molecule has 17 heavy (non-hydrogen) atoms. The van der Waals surface area contributed by atoms with Crippen molar-refractivity contribution in [2.45, 2.75) is 38.6 Å². The molecule has 0 amide bonds. The average Bonchev–Trinajstić information content (AvgIpc) is 2.15. The van der Waals surface area contributed by atoms with E-state index in [1.165, 1.54) is 0 Å². The van der Waals surface area contributed by atoms with E-state index in [4.69, 9.17) is 9.66 Å². The lowest BCUT2D eigenvalue weighted by Crippen LogP contribution is -2.40. The summed E-state index contributed by atoms with van der Waals surface area (Å²) >= 11 is 0. The lowest BCUT2D eigenvalue weighted by molar-refractivity contribution is -0.142. The summed E-state index contributed by atoms with van der Waals surface area (Å²) in [6, 6.07) is -0.867. The van der Waals surface area contributed by atoms with Gasteiger partial charge >= 0.3 is 5.97 Å². The number of aliphatic carboxylic acids is 1. The summed E-state index contributed by atoms with van der Waals surface area (Å²) in [5.41, 5.74) is 0. The van der Waals surface area contributed by atoms with E-state index in [-0.39, 0.29) is 6.42 Å². The first-order chi connectivity index (χ1) is 7.78. The highest BCUT2D eigenvalue weighted by molar-refractivity contribution is 7.85. The van der Waals surface area contributed by atoms with Crippen LogP contribution in [0.3, 0.4) is 0 Å². The first-order valence-electron chi connectivity index (χ1n) is 5.66. The van der Waals surface area contributed by atoms with Crippen LogP contribution in [-0.2, 0) is 14.9 Å². The number of unbranched alkanes of at least 4 members (excludes halogenated alkanes) is 2. The largest absolute Gasteiger partial charge is 0.480 e.